The largest absolute Gasteiger partial charge is 0.443 e. The van der Waals surface area contributed by atoms with Gasteiger partial charge in [0.15, 0.2) is 0 Å². The van der Waals surface area contributed by atoms with Crippen molar-refractivity contribution in [1.82, 2.24) is 10.2 Å². The van der Waals surface area contributed by atoms with Gasteiger partial charge in [0.05, 0.1) is 12.1 Å². The number of urea groups is 1. The average molecular weight is 198 g/mol. The molecule has 0 radical (unpaired) electrons. The third-order valence-corrected chi connectivity index (χ3v) is 2.21. The van der Waals surface area contributed by atoms with Crippen molar-refractivity contribution >= 4 is 12.1 Å². The minimum Gasteiger partial charge on any atom is -0.443 e. The van der Waals surface area contributed by atoms with E-state index in [1.807, 2.05) is 0 Å². The lowest BCUT2D eigenvalue weighted by atomic mass is 10.2. The van der Waals surface area contributed by atoms with E-state index >= 15 is 0 Å². The molecule has 1 aliphatic heterocycles. The number of nitrogens with zero attached hydrogens (tertiary/aromatic N) is 1. The highest BCUT2D eigenvalue weighted by molar-refractivity contribution is 5.95. The fourth-order valence-electron chi connectivity index (χ4n) is 1.53. The lowest BCUT2D eigenvalue weighted by Gasteiger charge is -2.23. The van der Waals surface area contributed by atoms with Gasteiger partial charge in [-0.3, -0.25) is 0 Å². The average Bonchev–Trinajstić information content (AvgIpc) is 2.58. The Morgan fingerprint density at radius 1 is 1.57 bits per heavy atom. The van der Waals surface area contributed by atoms with E-state index in [9.17, 15) is 9.59 Å². The van der Waals surface area contributed by atoms with Gasteiger partial charge in [-0.2, -0.15) is 0 Å². The van der Waals surface area contributed by atoms with Gasteiger partial charge in [-0.25, -0.2) is 14.5 Å². The van der Waals surface area contributed by atoms with Gasteiger partial charge in [0, 0.05) is 0 Å². The van der Waals surface area contributed by atoms with Gasteiger partial charge in [0.25, 0.3) is 0 Å². The Hall–Kier alpha value is -1.26. The van der Waals surface area contributed by atoms with Gasteiger partial charge in [-0.15, -0.1) is 0 Å². The zero-order chi connectivity index (χ0) is 10.5. The molecule has 2 unspecified atom stereocenters. The zero-order valence-corrected chi connectivity index (χ0v) is 8.53. The molecule has 5 heteroatoms. The fourth-order valence-corrected chi connectivity index (χ4v) is 1.53. The number of ether oxygens (including phenoxy) is 1. The molecule has 1 heterocycles. The molecule has 1 aliphatic carbocycles. The molecule has 0 aromatic carbocycles. The highest BCUT2D eigenvalue weighted by Gasteiger charge is 2.55. The molecule has 14 heavy (non-hydrogen) atoms. The monoisotopic (exact) mass is 198 g/mol. The second-order valence-electron chi connectivity index (χ2n) is 4.71. The molecule has 0 aromatic heterocycles. The third-order valence-electron chi connectivity index (χ3n) is 2.21. The summed E-state index contributed by atoms with van der Waals surface area (Å²) < 4.78 is 5.12. The standard InChI is InChI=1S/C9H14N2O3/c1-9(2,3)14-8(13)11-6-4-5(6)10-7(11)12/h5-6H,4H2,1-3H3,(H,10,12). The molecule has 1 saturated heterocycles. The van der Waals surface area contributed by atoms with Crippen LogP contribution in [0.2, 0.25) is 0 Å². The minimum absolute atomic E-state index is 0.0253. The van der Waals surface area contributed by atoms with Gasteiger partial charge in [-0.1, -0.05) is 0 Å². The summed E-state index contributed by atoms with van der Waals surface area (Å²) in [7, 11) is 0. The number of nitrogens with one attached hydrogen (secondary N) is 1. The summed E-state index contributed by atoms with van der Waals surface area (Å²) >= 11 is 0. The molecule has 2 aliphatic rings. The third kappa shape index (κ3) is 1.54. The lowest BCUT2D eigenvalue weighted by Crippen LogP contribution is -2.41. The molecule has 2 atom stereocenters. The maximum absolute atomic E-state index is 11.6. The second-order valence-corrected chi connectivity index (χ2v) is 4.71. The Morgan fingerprint density at radius 2 is 2.21 bits per heavy atom. The Kier molecular flexibility index (Phi) is 1.74. The number of carbonyl (C=O) groups excluding carboxylic acids is 2. The molecular formula is C9H14N2O3. The zero-order valence-electron chi connectivity index (χ0n) is 8.53. The second kappa shape index (κ2) is 2.62. The van der Waals surface area contributed by atoms with Crippen LogP contribution in [0.1, 0.15) is 27.2 Å². The predicted octanol–water partition coefficient (Wildman–Crippen LogP) is 1.09. The smallest absolute Gasteiger partial charge is 0.418 e. The summed E-state index contributed by atoms with van der Waals surface area (Å²) in [4.78, 5) is 24.0. The summed E-state index contributed by atoms with van der Waals surface area (Å²) in [6, 6.07) is -0.145. The molecule has 5 nitrogen and oxygen atoms in total. The Morgan fingerprint density at radius 3 is 2.64 bits per heavy atom. The van der Waals surface area contributed by atoms with Crippen LogP contribution >= 0.6 is 0 Å². The maximum atomic E-state index is 11.6. The number of fused-ring (bicyclic) bond motifs is 1. The van der Waals surface area contributed by atoms with Crippen molar-refractivity contribution in [2.24, 2.45) is 0 Å². The Bertz CT molecular complexity index is 295. The first-order chi connectivity index (χ1) is 6.38. The SMILES string of the molecule is CC(C)(C)OC(=O)N1C(=O)NC2CC21. The summed E-state index contributed by atoms with van der Waals surface area (Å²) in [6.07, 6.45) is 0.310. The van der Waals surface area contributed by atoms with Crippen molar-refractivity contribution in [3.05, 3.63) is 0 Å². The first-order valence-electron chi connectivity index (χ1n) is 4.71. The number of hydrogen-bond donors (Lipinski definition) is 1. The van der Waals surface area contributed by atoms with Crippen molar-refractivity contribution in [3.63, 3.8) is 0 Å². The van der Waals surface area contributed by atoms with E-state index in [0.29, 0.717) is 0 Å². The van der Waals surface area contributed by atoms with Crippen LogP contribution in [0.3, 0.4) is 0 Å². The molecule has 0 aromatic rings. The van der Waals surface area contributed by atoms with Crippen LogP contribution in [0.5, 0.6) is 0 Å². The van der Waals surface area contributed by atoms with Crippen LogP contribution < -0.4 is 5.32 Å². The van der Waals surface area contributed by atoms with E-state index in [1.165, 1.54) is 4.90 Å². The van der Waals surface area contributed by atoms with E-state index in [4.69, 9.17) is 4.74 Å². The van der Waals surface area contributed by atoms with Crippen LogP contribution in [0, 0.1) is 0 Å². The van der Waals surface area contributed by atoms with E-state index in [0.717, 1.165) is 6.42 Å². The van der Waals surface area contributed by atoms with Crippen LogP contribution in [0.15, 0.2) is 0 Å². The van der Waals surface area contributed by atoms with Gasteiger partial charge < -0.3 is 10.1 Å². The molecule has 1 N–H and O–H groups in total. The molecule has 2 fully saturated rings. The Balaban J connectivity index is 2.01. The van der Waals surface area contributed by atoms with Gasteiger partial charge in [0.1, 0.15) is 5.60 Å². The minimum atomic E-state index is -0.551. The van der Waals surface area contributed by atoms with Crippen molar-refractivity contribution < 1.29 is 14.3 Å². The van der Waals surface area contributed by atoms with Crippen molar-refractivity contribution in [2.75, 3.05) is 0 Å². The first-order valence-corrected chi connectivity index (χ1v) is 4.71. The number of imide groups is 1. The number of amides is 3. The van der Waals surface area contributed by atoms with E-state index < -0.39 is 11.7 Å². The topological polar surface area (TPSA) is 58.6 Å². The van der Waals surface area contributed by atoms with Crippen LogP contribution in [-0.4, -0.2) is 34.7 Å². The number of rotatable bonds is 0. The predicted molar refractivity (Wildman–Crippen MR) is 48.8 cm³/mol. The molecular weight excluding hydrogens is 184 g/mol. The lowest BCUT2D eigenvalue weighted by molar-refractivity contribution is 0.0330. The van der Waals surface area contributed by atoms with Gasteiger partial charge in [-0.05, 0) is 27.2 Å². The van der Waals surface area contributed by atoms with Crippen molar-refractivity contribution in [3.8, 4) is 0 Å². The summed E-state index contributed by atoms with van der Waals surface area (Å²) in [6.45, 7) is 5.34. The summed E-state index contributed by atoms with van der Waals surface area (Å²) in [5, 5.41) is 2.69. The maximum Gasteiger partial charge on any atom is 0.418 e. The highest BCUT2D eigenvalue weighted by atomic mass is 16.6. The highest BCUT2D eigenvalue weighted by Crippen LogP contribution is 2.34. The molecule has 78 valence electrons. The van der Waals surface area contributed by atoms with E-state index in [2.05, 4.69) is 5.32 Å². The first kappa shape index (κ1) is 9.30. The van der Waals surface area contributed by atoms with E-state index in [-0.39, 0.29) is 18.1 Å². The van der Waals surface area contributed by atoms with Gasteiger partial charge >= 0.3 is 12.1 Å². The molecule has 3 amide bonds. The van der Waals surface area contributed by atoms with Crippen LogP contribution in [0.25, 0.3) is 0 Å². The number of hydrogen-bond acceptors (Lipinski definition) is 3. The summed E-state index contributed by atoms with van der Waals surface area (Å²) in [5.74, 6) is 0. The van der Waals surface area contributed by atoms with E-state index in [1.54, 1.807) is 20.8 Å². The van der Waals surface area contributed by atoms with Crippen LogP contribution in [-0.2, 0) is 4.74 Å². The quantitative estimate of drug-likeness (QED) is 0.633. The van der Waals surface area contributed by atoms with Crippen molar-refractivity contribution in [1.29, 1.82) is 0 Å². The van der Waals surface area contributed by atoms with Crippen molar-refractivity contribution in [2.45, 2.75) is 44.9 Å². The Labute approximate surface area is 82.4 Å². The summed E-state index contributed by atoms with van der Waals surface area (Å²) in [5.41, 5.74) is -0.551. The fraction of sp³-hybridized carbons (Fsp3) is 0.778. The number of carbonyl (C=O) groups is 2. The molecule has 0 bridgehead atoms. The normalized spacial score (nSPS) is 29.6. The molecule has 2 rings (SSSR count). The van der Waals surface area contributed by atoms with Gasteiger partial charge in [0.2, 0.25) is 0 Å². The molecule has 0 spiro atoms. The van der Waals surface area contributed by atoms with Crippen LogP contribution in [0.4, 0.5) is 9.59 Å². The molecule has 1 saturated carbocycles.